The van der Waals surface area contributed by atoms with Gasteiger partial charge in [-0.05, 0) is 74.5 Å². The molecule has 3 aromatic carbocycles. The van der Waals surface area contributed by atoms with Crippen LogP contribution >= 0.6 is 15.9 Å². The third-order valence-corrected chi connectivity index (χ3v) is 6.44. The van der Waals surface area contributed by atoms with E-state index in [9.17, 15) is 4.79 Å². The van der Waals surface area contributed by atoms with E-state index in [1.54, 1.807) is 18.3 Å². The lowest BCUT2D eigenvalue weighted by Crippen LogP contribution is -2.17. The number of aromatic nitrogens is 3. The molecular weight excluding hydrogens is 514 g/mol. The molecule has 36 heavy (non-hydrogen) atoms. The van der Waals surface area contributed by atoms with Crippen molar-refractivity contribution < 1.29 is 4.79 Å². The number of hydrazone groups is 1. The van der Waals surface area contributed by atoms with Gasteiger partial charge in [0, 0.05) is 44.4 Å². The fraction of sp³-hybridized carbons (Fsp3) is 0.0690. The number of nitrogens with zero attached hydrogens (tertiary/aromatic N) is 4. The molecule has 0 saturated heterocycles. The van der Waals surface area contributed by atoms with Gasteiger partial charge in [0.25, 0.3) is 5.91 Å². The van der Waals surface area contributed by atoms with E-state index in [1.807, 2.05) is 77.6 Å². The number of hydrogen-bond donors (Lipinski definition) is 1. The minimum absolute atomic E-state index is 0.278. The lowest BCUT2D eigenvalue weighted by Gasteiger charge is -2.10. The Morgan fingerprint density at radius 2 is 1.53 bits per heavy atom. The summed E-state index contributed by atoms with van der Waals surface area (Å²) in [5.74, 6) is -0.278. The molecule has 0 atom stereocenters. The standard InChI is InChI=1S/C29H24BrN5O/c1-20-8-9-21(2)35(20)27-16-12-23(13-17-27)29(36)32-31-18-24-19-34(26-6-4-3-5-7-26)33-28(24)22-10-14-25(30)15-11-22/h3-19H,1-2H3,(H,32,36). The van der Waals surface area contributed by atoms with E-state index >= 15 is 0 Å². The first-order valence-electron chi connectivity index (χ1n) is 11.5. The lowest BCUT2D eigenvalue weighted by molar-refractivity contribution is 0.0955. The van der Waals surface area contributed by atoms with Crippen LogP contribution in [0.1, 0.15) is 27.3 Å². The maximum absolute atomic E-state index is 12.7. The molecule has 6 nitrogen and oxygen atoms in total. The van der Waals surface area contributed by atoms with Crippen LogP contribution in [0.5, 0.6) is 0 Å². The molecule has 2 heterocycles. The Labute approximate surface area is 218 Å². The number of amides is 1. The van der Waals surface area contributed by atoms with Gasteiger partial charge in [-0.3, -0.25) is 4.79 Å². The molecule has 0 saturated carbocycles. The summed E-state index contributed by atoms with van der Waals surface area (Å²) in [4.78, 5) is 12.7. The van der Waals surface area contributed by atoms with Gasteiger partial charge >= 0.3 is 0 Å². The zero-order chi connectivity index (χ0) is 25.1. The third-order valence-electron chi connectivity index (χ3n) is 5.91. The molecule has 0 radical (unpaired) electrons. The highest BCUT2D eigenvalue weighted by Crippen LogP contribution is 2.24. The van der Waals surface area contributed by atoms with E-state index in [-0.39, 0.29) is 5.91 Å². The lowest BCUT2D eigenvalue weighted by atomic mass is 10.1. The number of para-hydroxylation sites is 1. The maximum Gasteiger partial charge on any atom is 0.271 e. The van der Waals surface area contributed by atoms with Crippen molar-refractivity contribution in [2.75, 3.05) is 0 Å². The normalized spacial score (nSPS) is 11.2. The second-order valence-electron chi connectivity index (χ2n) is 8.42. The highest BCUT2D eigenvalue weighted by atomic mass is 79.9. The SMILES string of the molecule is Cc1ccc(C)n1-c1ccc(C(=O)NN=Cc2cn(-c3ccccc3)nc2-c2ccc(Br)cc2)cc1. The minimum atomic E-state index is -0.278. The summed E-state index contributed by atoms with van der Waals surface area (Å²) in [5.41, 5.74) is 9.93. The van der Waals surface area contributed by atoms with Crippen LogP contribution in [0.2, 0.25) is 0 Å². The van der Waals surface area contributed by atoms with Crippen molar-refractivity contribution in [1.29, 1.82) is 0 Å². The van der Waals surface area contributed by atoms with Gasteiger partial charge in [0.15, 0.2) is 0 Å². The van der Waals surface area contributed by atoms with Crippen LogP contribution in [0.3, 0.4) is 0 Å². The third kappa shape index (κ3) is 4.92. The average Bonchev–Trinajstić information content (AvgIpc) is 3.48. The molecule has 0 spiro atoms. The molecule has 178 valence electrons. The first-order valence-corrected chi connectivity index (χ1v) is 12.3. The molecule has 0 bridgehead atoms. The molecule has 5 aromatic rings. The van der Waals surface area contributed by atoms with E-state index in [0.717, 1.165) is 44.1 Å². The van der Waals surface area contributed by atoms with Crippen molar-refractivity contribution in [1.82, 2.24) is 19.8 Å². The summed E-state index contributed by atoms with van der Waals surface area (Å²) in [7, 11) is 0. The number of rotatable bonds is 6. The van der Waals surface area contributed by atoms with Crippen LogP contribution in [0, 0.1) is 13.8 Å². The second-order valence-corrected chi connectivity index (χ2v) is 9.33. The molecule has 1 N–H and O–H groups in total. The monoisotopic (exact) mass is 537 g/mol. The largest absolute Gasteiger partial charge is 0.319 e. The number of nitrogens with one attached hydrogen (secondary N) is 1. The second kappa shape index (κ2) is 10.2. The molecule has 7 heteroatoms. The van der Waals surface area contributed by atoms with Crippen molar-refractivity contribution in [3.05, 3.63) is 124 Å². The molecule has 2 aromatic heterocycles. The number of aryl methyl sites for hydroxylation is 2. The average molecular weight is 538 g/mol. The molecule has 5 rings (SSSR count). The van der Waals surface area contributed by atoms with Crippen LogP contribution < -0.4 is 5.43 Å². The van der Waals surface area contributed by atoms with E-state index in [0.29, 0.717) is 5.56 Å². The molecule has 0 aliphatic carbocycles. The van der Waals surface area contributed by atoms with Gasteiger partial charge in [-0.25, -0.2) is 10.1 Å². The summed E-state index contributed by atoms with van der Waals surface area (Å²) in [6.45, 7) is 4.12. The summed E-state index contributed by atoms with van der Waals surface area (Å²) >= 11 is 3.48. The summed E-state index contributed by atoms with van der Waals surface area (Å²) in [5, 5.41) is 9.02. The van der Waals surface area contributed by atoms with Crippen LogP contribution in [0.4, 0.5) is 0 Å². The summed E-state index contributed by atoms with van der Waals surface area (Å²) in [6.07, 6.45) is 3.53. The maximum atomic E-state index is 12.7. The van der Waals surface area contributed by atoms with Crippen LogP contribution in [-0.2, 0) is 0 Å². The summed E-state index contributed by atoms with van der Waals surface area (Å²) < 4.78 is 4.95. The number of benzene rings is 3. The smallest absolute Gasteiger partial charge is 0.271 e. The van der Waals surface area contributed by atoms with Crippen LogP contribution in [-0.4, -0.2) is 26.5 Å². The molecular formula is C29H24BrN5O. The van der Waals surface area contributed by atoms with Crippen LogP contribution in [0.15, 0.2) is 107 Å². The Kier molecular flexibility index (Phi) is 6.64. The first-order chi connectivity index (χ1) is 17.5. The Morgan fingerprint density at radius 3 is 2.19 bits per heavy atom. The van der Waals surface area contributed by atoms with E-state index in [1.165, 1.54) is 0 Å². The van der Waals surface area contributed by atoms with E-state index in [2.05, 4.69) is 57.0 Å². The quantitative estimate of drug-likeness (QED) is 0.199. The van der Waals surface area contributed by atoms with Crippen LogP contribution in [0.25, 0.3) is 22.6 Å². The van der Waals surface area contributed by atoms with Crippen molar-refractivity contribution in [3.63, 3.8) is 0 Å². The number of hydrogen-bond acceptors (Lipinski definition) is 3. The van der Waals surface area contributed by atoms with Gasteiger partial charge < -0.3 is 4.57 Å². The molecule has 0 aliphatic heterocycles. The van der Waals surface area contributed by atoms with Gasteiger partial charge in [0.05, 0.1) is 11.9 Å². The predicted octanol–water partition coefficient (Wildman–Crippen LogP) is 6.47. The summed E-state index contributed by atoms with van der Waals surface area (Å²) in [6, 6.07) is 29.4. The zero-order valence-corrected chi connectivity index (χ0v) is 21.5. The Bertz CT molecular complexity index is 1510. The fourth-order valence-electron chi connectivity index (χ4n) is 4.09. The Balaban J connectivity index is 1.37. The molecule has 1 amide bonds. The first kappa shape index (κ1) is 23.5. The van der Waals surface area contributed by atoms with Crippen molar-refractivity contribution in [3.8, 4) is 22.6 Å². The van der Waals surface area contributed by atoms with Gasteiger partial charge in [0.2, 0.25) is 0 Å². The van der Waals surface area contributed by atoms with Crippen molar-refractivity contribution >= 4 is 28.1 Å². The number of halogens is 1. The van der Waals surface area contributed by atoms with Gasteiger partial charge in [0.1, 0.15) is 5.69 Å². The van der Waals surface area contributed by atoms with E-state index < -0.39 is 0 Å². The molecule has 0 aliphatic rings. The molecule has 0 fully saturated rings. The molecule has 0 unspecified atom stereocenters. The van der Waals surface area contributed by atoms with Crippen molar-refractivity contribution in [2.45, 2.75) is 13.8 Å². The zero-order valence-electron chi connectivity index (χ0n) is 19.9. The highest BCUT2D eigenvalue weighted by Gasteiger charge is 2.12. The van der Waals surface area contributed by atoms with Gasteiger partial charge in [-0.2, -0.15) is 10.2 Å². The van der Waals surface area contributed by atoms with Gasteiger partial charge in [-0.15, -0.1) is 0 Å². The fourth-order valence-corrected chi connectivity index (χ4v) is 4.35. The number of carbonyl (C=O) groups is 1. The predicted molar refractivity (Wildman–Crippen MR) is 147 cm³/mol. The van der Waals surface area contributed by atoms with E-state index in [4.69, 9.17) is 5.10 Å². The number of carbonyl (C=O) groups excluding carboxylic acids is 1. The Morgan fingerprint density at radius 1 is 0.861 bits per heavy atom. The topological polar surface area (TPSA) is 64.2 Å². The van der Waals surface area contributed by atoms with Crippen molar-refractivity contribution in [2.24, 2.45) is 5.10 Å². The van der Waals surface area contributed by atoms with Gasteiger partial charge in [-0.1, -0.05) is 46.3 Å². The highest BCUT2D eigenvalue weighted by molar-refractivity contribution is 9.10. The Hall–Kier alpha value is -4.23. The minimum Gasteiger partial charge on any atom is -0.319 e.